The molecule has 0 atom stereocenters. The number of benzene rings is 3. The molecule has 6 rings (SSSR count). The normalized spacial score (nSPS) is 16.1. The maximum atomic E-state index is 4.69. The van der Waals surface area contributed by atoms with Gasteiger partial charge in [0.05, 0.1) is 0 Å². The summed E-state index contributed by atoms with van der Waals surface area (Å²) in [7, 11) is 6.45. The third-order valence-electron chi connectivity index (χ3n) is 12.4. The second-order valence-corrected chi connectivity index (χ2v) is 17.5. The molecule has 0 amide bonds. The Bertz CT molecular complexity index is 2730. The van der Waals surface area contributed by atoms with Gasteiger partial charge in [-0.3, -0.25) is 0 Å². The Morgan fingerprint density at radius 3 is 1.99 bits per heavy atom. The molecule has 0 spiro atoms. The summed E-state index contributed by atoms with van der Waals surface area (Å²) in [5.41, 5.74) is 17.8. The van der Waals surface area contributed by atoms with Gasteiger partial charge in [-0.05, 0) is 135 Å². The molecule has 0 unspecified atom stereocenters. The van der Waals surface area contributed by atoms with Crippen molar-refractivity contribution in [2.75, 3.05) is 32.6 Å². The molecule has 3 aromatic rings. The van der Waals surface area contributed by atoms with Gasteiger partial charge < -0.3 is 20.0 Å². The molecule has 4 nitrogen and oxygen atoms in total. The van der Waals surface area contributed by atoms with Crippen LogP contribution in [0, 0.1) is 0 Å². The van der Waals surface area contributed by atoms with E-state index in [0.29, 0.717) is 0 Å². The summed E-state index contributed by atoms with van der Waals surface area (Å²) in [6, 6.07) is 29.8. The van der Waals surface area contributed by atoms with Crippen LogP contribution in [-0.4, -0.2) is 37.5 Å². The largest absolute Gasteiger partial charge is 0.370 e. The Hall–Kier alpha value is -7.56. The molecule has 4 heteroatoms. The van der Waals surface area contributed by atoms with Crippen LogP contribution < -0.4 is 10.2 Å². The van der Waals surface area contributed by atoms with E-state index in [1.165, 1.54) is 44.8 Å². The van der Waals surface area contributed by atoms with Crippen LogP contribution in [0.2, 0.25) is 0 Å². The summed E-state index contributed by atoms with van der Waals surface area (Å²) in [6.07, 6.45) is 50.3. The van der Waals surface area contributed by atoms with E-state index in [4.69, 9.17) is 0 Å². The number of para-hydroxylation sites is 1. The number of hydrogen-bond donors (Lipinski definition) is 1. The molecular formula is C72H94N4. The Morgan fingerprint density at radius 1 is 0.684 bits per heavy atom. The molecule has 76 heavy (non-hydrogen) atoms. The highest BCUT2D eigenvalue weighted by Crippen LogP contribution is 2.35. The number of likely N-dealkylation sites (N-methyl/N-ethyl adjacent to an activating group) is 2. The van der Waals surface area contributed by atoms with E-state index in [0.717, 1.165) is 78.3 Å². The quantitative estimate of drug-likeness (QED) is 0.101. The summed E-state index contributed by atoms with van der Waals surface area (Å²) in [5, 5.41) is 3.52. The predicted octanol–water partition coefficient (Wildman–Crippen LogP) is 20.1. The highest BCUT2D eigenvalue weighted by atomic mass is 15.1. The molecule has 0 saturated carbocycles. The zero-order valence-electron chi connectivity index (χ0n) is 49.2. The maximum absolute atomic E-state index is 4.69. The van der Waals surface area contributed by atoms with Gasteiger partial charge in [0.25, 0.3) is 0 Å². The molecule has 0 saturated heterocycles. The van der Waals surface area contributed by atoms with Gasteiger partial charge in [0, 0.05) is 86.0 Å². The summed E-state index contributed by atoms with van der Waals surface area (Å²) < 4.78 is 0. The molecule has 3 aliphatic carbocycles. The number of anilines is 1. The molecular weight excluding hydrogens is 921 g/mol. The first-order valence-corrected chi connectivity index (χ1v) is 27.7. The lowest BCUT2D eigenvalue weighted by atomic mass is 9.99. The van der Waals surface area contributed by atoms with Crippen molar-refractivity contribution >= 4 is 11.3 Å². The molecule has 0 aromatic heterocycles. The summed E-state index contributed by atoms with van der Waals surface area (Å²) in [5.74, 6) is 0. The number of hydrogen-bond acceptors (Lipinski definition) is 4. The van der Waals surface area contributed by atoms with E-state index >= 15 is 0 Å². The van der Waals surface area contributed by atoms with Crippen molar-refractivity contribution in [1.82, 2.24) is 15.1 Å². The second-order valence-electron chi connectivity index (χ2n) is 17.5. The average Bonchev–Trinajstić information content (AvgIpc) is 3.88. The van der Waals surface area contributed by atoms with Crippen molar-refractivity contribution in [3.05, 3.63) is 288 Å². The third-order valence-corrected chi connectivity index (χ3v) is 12.4. The van der Waals surface area contributed by atoms with Gasteiger partial charge in [0.1, 0.15) is 0 Å². The van der Waals surface area contributed by atoms with E-state index in [-0.39, 0.29) is 0 Å². The Kier molecular flexibility index (Phi) is 32.3. The van der Waals surface area contributed by atoms with E-state index in [9.17, 15) is 0 Å². The molecule has 0 bridgehead atoms. The highest BCUT2D eigenvalue weighted by molar-refractivity contribution is 5.80. The summed E-state index contributed by atoms with van der Waals surface area (Å²) in [6.45, 7) is 31.8. The zero-order chi connectivity index (χ0) is 56.1. The van der Waals surface area contributed by atoms with Gasteiger partial charge in [0.2, 0.25) is 0 Å². The number of nitrogens with one attached hydrogen (secondary N) is 1. The minimum absolute atomic E-state index is 0.789. The van der Waals surface area contributed by atoms with Gasteiger partial charge >= 0.3 is 0 Å². The van der Waals surface area contributed by atoms with Crippen LogP contribution in [0.1, 0.15) is 114 Å². The van der Waals surface area contributed by atoms with Gasteiger partial charge in [0.15, 0.2) is 0 Å². The van der Waals surface area contributed by atoms with Gasteiger partial charge in [-0.15, -0.1) is 0 Å². The first-order valence-electron chi connectivity index (χ1n) is 27.7. The minimum Gasteiger partial charge on any atom is -0.370 e. The monoisotopic (exact) mass is 1010 g/mol. The number of rotatable bonds is 18. The van der Waals surface area contributed by atoms with Crippen molar-refractivity contribution in [3.8, 4) is 11.1 Å². The molecule has 402 valence electrons. The van der Waals surface area contributed by atoms with Crippen molar-refractivity contribution < 1.29 is 0 Å². The maximum Gasteiger partial charge on any atom is 0.0487 e. The molecule has 3 aromatic carbocycles. The van der Waals surface area contributed by atoms with Crippen LogP contribution >= 0.6 is 0 Å². The molecule has 0 radical (unpaired) electrons. The Morgan fingerprint density at radius 2 is 1.32 bits per heavy atom. The number of allylic oxidation sites excluding steroid dienone is 26. The lowest BCUT2D eigenvalue weighted by Gasteiger charge is -2.27. The van der Waals surface area contributed by atoms with Gasteiger partial charge in [-0.1, -0.05) is 225 Å². The van der Waals surface area contributed by atoms with Crippen molar-refractivity contribution in [1.29, 1.82) is 0 Å². The topological polar surface area (TPSA) is 21.8 Å². The van der Waals surface area contributed by atoms with Gasteiger partial charge in [-0.25, -0.2) is 0 Å². The molecule has 0 aliphatic heterocycles. The SMILES string of the molecule is C=C(C1=CCC=CC(N(C)c2ccccc2-c2ccccc2)=C1)/C(=C\C=C(/C)N(C)C1=CC=CC=C(c2ccccc2)C1)N(C)C/C=C\C.C=C/C=C(\C)N/C1=C(\C(C)=C\C/C=C\C)C=CC/C=C\C1.CC.CC.CC. The fraction of sp³-hybridized carbons (Fsp3) is 0.278. The Labute approximate surface area is 463 Å². The van der Waals surface area contributed by atoms with Crippen LogP contribution in [0.3, 0.4) is 0 Å². The van der Waals surface area contributed by atoms with Crippen LogP contribution in [-0.2, 0) is 0 Å². The number of nitrogens with zero attached hydrogens (tertiary/aromatic N) is 3. The van der Waals surface area contributed by atoms with Crippen LogP contribution in [0.15, 0.2) is 282 Å². The van der Waals surface area contributed by atoms with Crippen LogP contribution in [0.5, 0.6) is 0 Å². The van der Waals surface area contributed by atoms with E-state index < -0.39 is 0 Å². The van der Waals surface area contributed by atoms with E-state index in [2.05, 4.69) is 289 Å². The summed E-state index contributed by atoms with van der Waals surface area (Å²) >= 11 is 0. The predicted molar refractivity (Wildman–Crippen MR) is 342 cm³/mol. The summed E-state index contributed by atoms with van der Waals surface area (Å²) in [4.78, 5) is 6.85. The highest BCUT2D eigenvalue weighted by Gasteiger charge is 2.17. The van der Waals surface area contributed by atoms with Crippen LogP contribution in [0.25, 0.3) is 16.7 Å². The van der Waals surface area contributed by atoms with Gasteiger partial charge in [-0.2, -0.15) is 0 Å². The standard InChI is InChI=1S/C46H49N3.C20H27N.3C2H6/c1-7-8-33-47(4)45(32-31-36(2)48(5)42-27-18-16-26-41(35-42)38-21-11-9-12-22-38)37(3)40-25-15-17-28-43(34-40)49(6)46-30-20-19-29-44(46)39-23-13-10-14-24-39;1-5-7-10-14-17(3)19-15-11-8-9-12-16-20(19)21-18(4)13-6-2;3*1-2/h7-14,16-32,34H,3,15,33,35H2,1-2,4-6H3;5-7,9,11-15,21H,2,8,10,16H2,1,3-4H3;3*1-2H3/b8-7-,36-31+,45-32+;7-5-,12-9-,15-11?,17-14+,18-13+,20-19-;;;. The molecule has 0 fully saturated rings. The second kappa shape index (κ2) is 38.1. The minimum atomic E-state index is 0.789. The van der Waals surface area contributed by atoms with E-state index in [1.807, 2.05) is 53.7 Å². The molecule has 1 N–H and O–H groups in total. The van der Waals surface area contributed by atoms with Crippen molar-refractivity contribution in [3.63, 3.8) is 0 Å². The van der Waals surface area contributed by atoms with E-state index in [1.54, 1.807) is 0 Å². The lowest BCUT2D eigenvalue weighted by molar-refractivity contribution is 0.473. The first-order chi connectivity index (χ1) is 37.1. The smallest absolute Gasteiger partial charge is 0.0487 e. The molecule has 3 aliphatic rings. The Balaban J connectivity index is 0.000000612. The fourth-order valence-electron chi connectivity index (χ4n) is 8.28. The lowest BCUT2D eigenvalue weighted by Crippen LogP contribution is -2.20. The zero-order valence-corrected chi connectivity index (χ0v) is 49.2. The molecule has 0 heterocycles. The van der Waals surface area contributed by atoms with Crippen LogP contribution in [0.4, 0.5) is 5.69 Å². The van der Waals surface area contributed by atoms with Crippen molar-refractivity contribution in [2.24, 2.45) is 0 Å². The fourth-order valence-corrected chi connectivity index (χ4v) is 8.28. The average molecular weight is 1020 g/mol. The third kappa shape index (κ3) is 21.4. The first kappa shape index (κ1) is 64.6. The van der Waals surface area contributed by atoms with Crippen molar-refractivity contribution in [2.45, 2.75) is 108 Å².